The molecule has 7 heteroatoms. The molecular weight excluding hydrogens is 296 g/mol. The van der Waals surface area contributed by atoms with E-state index in [2.05, 4.69) is 15.9 Å². The minimum Gasteiger partial charge on any atom is -0.375 e. The number of hydrogen-bond donors (Lipinski definition) is 2. The molecule has 0 aliphatic carbocycles. The number of alkyl halides is 3. The Balaban J connectivity index is 3.38. The normalized spacial score (nSPS) is 17.2. The molecule has 90 valence electrons. The first-order valence-electron chi connectivity index (χ1n) is 4.09. The van der Waals surface area contributed by atoms with Gasteiger partial charge in [0.1, 0.15) is 5.82 Å². The van der Waals surface area contributed by atoms with Gasteiger partial charge in [0.05, 0.1) is 4.47 Å². The van der Waals surface area contributed by atoms with Crippen molar-refractivity contribution in [2.75, 3.05) is 0 Å². The minimum atomic E-state index is -3.67. The van der Waals surface area contributed by atoms with Gasteiger partial charge in [-0.3, -0.25) is 0 Å². The Bertz CT molecular complexity index is 376. The second-order valence-corrected chi connectivity index (χ2v) is 3.92. The highest BCUT2D eigenvalue weighted by atomic mass is 79.9. The molecule has 2 unspecified atom stereocenters. The first-order valence-corrected chi connectivity index (χ1v) is 4.88. The summed E-state index contributed by atoms with van der Waals surface area (Å²) in [5.74, 6) is -1.25. The van der Waals surface area contributed by atoms with Crippen molar-refractivity contribution in [2.24, 2.45) is 0 Å². The maximum Gasteiger partial charge on any atom is 0.276 e. The largest absolute Gasteiger partial charge is 0.375 e. The molecule has 0 saturated heterocycles. The summed E-state index contributed by atoms with van der Waals surface area (Å²) < 4.78 is 50.8. The van der Waals surface area contributed by atoms with E-state index >= 15 is 0 Å². The second-order valence-electron chi connectivity index (χ2n) is 3.06. The molecule has 0 fully saturated rings. The number of aliphatic hydroxyl groups is 2. The Morgan fingerprint density at radius 1 is 1.25 bits per heavy atom. The second kappa shape index (κ2) is 4.68. The number of benzene rings is 1. The Morgan fingerprint density at radius 3 is 2.25 bits per heavy atom. The summed E-state index contributed by atoms with van der Waals surface area (Å²) in [6, 6.07) is 3.10. The fraction of sp³-hybridized carbons (Fsp3) is 0.333. The van der Waals surface area contributed by atoms with Crippen LogP contribution in [-0.4, -0.2) is 23.0 Å². The zero-order valence-electron chi connectivity index (χ0n) is 7.67. The first-order chi connectivity index (χ1) is 7.31. The van der Waals surface area contributed by atoms with Crippen molar-refractivity contribution in [3.63, 3.8) is 0 Å². The molecule has 0 spiro atoms. The lowest BCUT2D eigenvalue weighted by Gasteiger charge is -2.28. The highest BCUT2D eigenvalue weighted by molar-refractivity contribution is 9.10. The lowest BCUT2D eigenvalue weighted by atomic mass is 9.93. The van der Waals surface area contributed by atoms with Crippen LogP contribution in [0, 0.1) is 5.82 Å². The maximum atomic E-state index is 13.4. The van der Waals surface area contributed by atoms with E-state index in [1.54, 1.807) is 0 Å². The molecule has 0 radical (unpaired) electrons. The van der Waals surface area contributed by atoms with Gasteiger partial charge in [0.2, 0.25) is 12.0 Å². The van der Waals surface area contributed by atoms with E-state index in [0.29, 0.717) is 0 Å². The van der Waals surface area contributed by atoms with Crippen molar-refractivity contribution < 1.29 is 27.8 Å². The predicted molar refractivity (Wildman–Crippen MR) is 51.1 cm³/mol. The van der Waals surface area contributed by atoms with E-state index in [1.165, 1.54) is 6.07 Å². The number of rotatable bonds is 3. The van der Waals surface area contributed by atoms with E-state index in [9.17, 15) is 22.7 Å². The van der Waals surface area contributed by atoms with Gasteiger partial charge in [-0.1, -0.05) is 12.1 Å². The van der Waals surface area contributed by atoms with Gasteiger partial charge < -0.3 is 10.2 Å². The van der Waals surface area contributed by atoms with Gasteiger partial charge in [0.25, 0.3) is 6.43 Å². The smallest absolute Gasteiger partial charge is 0.276 e. The van der Waals surface area contributed by atoms with Crippen LogP contribution < -0.4 is 0 Å². The molecule has 2 N–H and O–H groups in total. The molecule has 1 rings (SSSR count). The van der Waals surface area contributed by atoms with E-state index in [0.717, 1.165) is 12.1 Å². The molecule has 1 aromatic carbocycles. The van der Waals surface area contributed by atoms with Crippen LogP contribution in [0.15, 0.2) is 22.7 Å². The van der Waals surface area contributed by atoms with Crippen LogP contribution in [0.2, 0.25) is 0 Å². The zero-order chi connectivity index (χ0) is 12.5. The van der Waals surface area contributed by atoms with Crippen LogP contribution in [0.25, 0.3) is 0 Å². The Labute approximate surface area is 96.6 Å². The summed E-state index contributed by atoms with van der Waals surface area (Å²) in [6.45, 7) is 0. The Kier molecular flexibility index (Phi) is 3.92. The standard InChI is InChI=1S/C9H7BrF4O2/c10-5-3-1-2-4(6(5)11)9(16,7(12)13)8(14)15/h1-3,7-8,15-16H. The predicted octanol–water partition coefficient (Wildman–Crippen LogP) is 2.33. The molecule has 0 aliphatic rings. The third-order valence-electron chi connectivity index (χ3n) is 2.08. The van der Waals surface area contributed by atoms with Crippen LogP contribution in [0.4, 0.5) is 17.6 Å². The van der Waals surface area contributed by atoms with Crippen molar-refractivity contribution in [3.8, 4) is 0 Å². The minimum absolute atomic E-state index is 0.218. The van der Waals surface area contributed by atoms with Crippen LogP contribution in [0.1, 0.15) is 5.56 Å². The molecule has 0 saturated carbocycles. The lowest BCUT2D eigenvalue weighted by Crippen LogP contribution is -2.44. The van der Waals surface area contributed by atoms with Crippen LogP contribution >= 0.6 is 15.9 Å². The van der Waals surface area contributed by atoms with Gasteiger partial charge >= 0.3 is 0 Å². The molecular formula is C9H7BrF4O2. The summed E-state index contributed by atoms with van der Waals surface area (Å²) in [4.78, 5) is 0. The summed E-state index contributed by atoms with van der Waals surface area (Å²) >= 11 is 2.70. The number of halogens is 5. The average Bonchev–Trinajstić information content (AvgIpc) is 2.20. The Morgan fingerprint density at radius 2 is 1.81 bits per heavy atom. The van der Waals surface area contributed by atoms with Crippen molar-refractivity contribution in [2.45, 2.75) is 18.4 Å². The molecule has 0 bridgehead atoms. The average molecular weight is 303 g/mol. The maximum absolute atomic E-state index is 13.4. The van der Waals surface area contributed by atoms with E-state index in [4.69, 9.17) is 5.11 Å². The summed E-state index contributed by atoms with van der Waals surface area (Å²) in [7, 11) is 0. The summed E-state index contributed by atoms with van der Waals surface area (Å²) in [6.07, 6.45) is -6.97. The molecule has 2 atom stereocenters. The molecule has 1 aromatic rings. The number of aliphatic hydroxyl groups excluding tert-OH is 1. The molecule has 0 amide bonds. The van der Waals surface area contributed by atoms with Gasteiger partial charge in [0, 0.05) is 5.56 Å². The molecule has 0 heterocycles. The van der Waals surface area contributed by atoms with Gasteiger partial charge in [-0.05, 0) is 22.0 Å². The summed E-state index contributed by atoms with van der Waals surface area (Å²) in [5, 5.41) is 17.8. The highest BCUT2D eigenvalue weighted by Crippen LogP contribution is 2.36. The molecule has 16 heavy (non-hydrogen) atoms. The first kappa shape index (κ1) is 13.4. The van der Waals surface area contributed by atoms with Gasteiger partial charge in [0.15, 0.2) is 0 Å². The third-order valence-corrected chi connectivity index (χ3v) is 2.69. The van der Waals surface area contributed by atoms with Crippen LogP contribution in [-0.2, 0) is 5.60 Å². The fourth-order valence-corrected chi connectivity index (χ4v) is 1.53. The van der Waals surface area contributed by atoms with Crippen molar-refractivity contribution in [1.29, 1.82) is 0 Å². The third kappa shape index (κ3) is 2.07. The van der Waals surface area contributed by atoms with E-state index in [-0.39, 0.29) is 4.47 Å². The lowest BCUT2D eigenvalue weighted by molar-refractivity contribution is -0.212. The van der Waals surface area contributed by atoms with Crippen LogP contribution in [0.3, 0.4) is 0 Å². The Hall–Kier alpha value is -0.660. The van der Waals surface area contributed by atoms with E-state index < -0.39 is 29.8 Å². The SMILES string of the molecule is OC(F)C(O)(c1cccc(Br)c1F)C(F)F. The monoisotopic (exact) mass is 302 g/mol. The van der Waals surface area contributed by atoms with Gasteiger partial charge in [-0.25, -0.2) is 17.6 Å². The summed E-state index contributed by atoms with van der Waals surface area (Å²) in [5.41, 5.74) is -4.58. The fourth-order valence-electron chi connectivity index (χ4n) is 1.16. The number of hydrogen-bond acceptors (Lipinski definition) is 2. The van der Waals surface area contributed by atoms with E-state index in [1.807, 2.05) is 0 Å². The highest BCUT2D eigenvalue weighted by Gasteiger charge is 2.49. The molecule has 0 aromatic heterocycles. The van der Waals surface area contributed by atoms with Gasteiger partial charge in [-0.2, -0.15) is 0 Å². The topological polar surface area (TPSA) is 40.5 Å². The zero-order valence-corrected chi connectivity index (χ0v) is 9.26. The quantitative estimate of drug-likeness (QED) is 0.841. The molecule has 2 nitrogen and oxygen atoms in total. The van der Waals surface area contributed by atoms with Crippen molar-refractivity contribution in [1.82, 2.24) is 0 Å². The molecule has 0 aliphatic heterocycles. The van der Waals surface area contributed by atoms with Crippen molar-refractivity contribution >= 4 is 15.9 Å². The van der Waals surface area contributed by atoms with Crippen molar-refractivity contribution in [3.05, 3.63) is 34.1 Å². The van der Waals surface area contributed by atoms with Crippen LogP contribution in [0.5, 0.6) is 0 Å². The van der Waals surface area contributed by atoms with Gasteiger partial charge in [-0.15, -0.1) is 0 Å².